The van der Waals surface area contributed by atoms with Crippen LogP contribution < -0.4 is 5.32 Å². The average molecular weight is 987 g/mol. The van der Waals surface area contributed by atoms with Gasteiger partial charge in [-0.15, -0.1) is 0 Å². The lowest BCUT2D eigenvalue weighted by molar-refractivity contribution is -0.143. The van der Waals surface area contributed by atoms with Gasteiger partial charge in [0.15, 0.2) is 0 Å². The fraction of sp³-hybridized carbons (Fsp3) is 0.906. The molecule has 0 aliphatic carbocycles. The molecule has 0 aromatic carbocycles. The smallest absolute Gasteiger partial charge is 0.305 e. The number of aliphatic hydroxyl groups excluding tert-OH is 2. The largest absolute Gasteiger partial charge is 0.466 e. The summed E-state index contributed by atoms with van der Waals surface area (Å²) in [4.78, 5) is 24.4. The van der Waals surface area contributed by atoms with Crippen LogP contribution in [0.4, 0.5) is 0 Å². The van der Waals surface area contributed by atoms with E-state index in [1.807, 2.05) is 0 Å². The van der Waals surface area contributed by atoms with Crippen molar-refractivity contribution in [3.05, 3.63) is 24.3 Å². The summed E-state index contributed by atoms with van der Waals surface area (Å²) in [5.41, 5.74) is 0. The van der Waals surface area contributed by atoms with Crippen LogP contribution in [0.3, 0.4) is 0 Å². The predicted octanol–water partition coefficient (Wildman–Crippen LogP) is 19.8. The molecule has 414 valence electrons. The third kappa shape index (κ3) is 55.7. The molecule has 2 atom stereocenters. The number of esters is 1. The van der Waals surface area contributed by atoms with Gasteiger partial charge in [0.2, 0.25) is 5.91 Å². The fourth-order valence-corrected chi connectivity index (χ4v) is 9.91. The first-order valence-corrected chi connectivity index (χ1v) is 31.6. The molecule has 0 aromatic heterocycles. The van der Waals surface area contributed by atoms with Crippen molar-refractivity contribution < 1.29 is 24.5 Å². The monoisotopic (exact) mass is 986 g/mol. The Morgan fingerprint density at radius 3 is 1.09 bits per heavy atom. The molecule has 3 N–H and O–H groups in total. The number of hydrogen-bond donors (Lipinski definition) is 3. The van der Waals surface area contributed by atoms with Gasteiger partial charge in [-0.25, -0.2) is 0 Å². The number of aliphatic hydroxyl groups is 2. The van der Waals surface area contributed by atoms with Gasteiger partial charge in [-0.2, -0.15) is 0 Å². The third-order valence-electron chi connectivity index (χ3n) is 14.8. The lowest BCUT2D eigenvalue weighted by Crippen LogP contribution is -2.45. The summed E-state index contributed by atoms with van der Waals surface area (Å²) < 4.78 is 5.46. The van der Waals surface area contributed by atoms with Crippen molar-refractivity contribution in [2.45, 2.75) is 360 Å². The second-order valence-corrected chi connectivity index (χ2v) is 21.7. The van der Waals surface area contributed by atoms with Crippen molar-refractivity contribution in [1.29, 1.82) is 0 Å². The second-order valence-electron chi connectivity index (χ2n) is 21.7. The highest BCUT2D eigenvalue weighted by Crippen LogP contribution is 2.18. The summed E-state index contributed by atoms with van der Waals surface area (Å²) in [7, 11) is 0. The summed E-state index contributed by atoms with van der Waals surface area (Å²) in [6.45, 7) is 4.95. The first-order valence-electron chi connectivity index (χ1n) is 31.6. The number of nitrogens with one attached hydrogen (secondary N) is 1. The van der Waals surface area contributed by atoms with E-state index in [1.54, 1.807) is 0 Å². The van der Waals surface area contributed by atoms with E-state index in [-0.39, 0.29) is 18.5 Å². The Morgan fingerprint density at radius 2 is 0.714 bits per heavy atom. The maximum absolute atomic E-state index is 12.4. The SMILES string of the molecule is CCCCCCCCCCCCCC(=O)OCCCCCCCCCCC/C=C\C/C=C\CCCCCCCCCCCCCCCCCC(=O)NC(CO)C(O)CCCCCCCCCCCCC. The molecule has 0 fully saturated rings. The number of rotatable bonds is 59. The molecule has 0 aliphatic rings. The molecule has 1 amide bonds. The zero-order valence-electron chi connectivity index (χ0n) is 47.3. The van der Waals surface area contributed by atoms with E-state index in [4.69, 9.17) is 4.74 Å². The molecule has 0 aromatic rings. The topological polar surface area (TPSA) is 95.9 Å². The van der Waals surface area contributed by atoms with E-state index >= 15 is 0 Å². The number of ether oxygens (including phenoxy) is 1. The van der Waals surface area contributed by atoms with E-state index in [0.717, 1.165) is 44.9 Å². The van der Waals surface area contributed by atoms with Crippen molar-refractivity contribution in [2.75, 3.05) is 13.2 Å². The van der Waals surface area contributed by atoms with E-state index in [1.165, 1.54) is 270 Å². The number of carbonyl (C=O) groups excluding carboxylic acids is 2. The first-order chi connectivity index (χ1) is 34.5. The Labute approximate surface area is 437 Å². The molecule has 2 unspecified atom stereocenters. The molecule has 0 bridgehead atoms. The van der Waals surface area contributed by atoms with Crippen molar-refractivity contribution in [3.63, 3.8) is 0 Å². The van der Waals surface area contributed by atoms with Crippen LogP contribution in [0.5, 0.6) is 0 Å². The Balaban J connectivity index is 3.37. The third-order valence-corrected chi connectivity index (χ3v) is 14.8. The van der Waals surface area contributed by atoms with Crippen LogP contribution in [-0.4, -0.2) is 47.4 Å². The fourth-order valence-electron chi connectivity index (χ4n) is 9.91. The van der Waals surface area contributed by atoms with Gasteiger partial charge < -0.3 is 20.3 Å². The maximum Gasteiger partial charge on any atom is 0.305 e. The number of carbonyl (C=O) groups is 2. The van der Waals surface area contributed by atoms with Crippen LogP contribution >= 0.6 is 0 Å². The minimum Gasteiger partial charge on any atom is -0.466 e. The highest BCUT2D eigenvalue weighted by atomic mass is 16.5. The van der Waals surface area contributed by atoms with Gasteiger partial charge in [-0.1, -0.05) is 301 Å². The number of unbranched alkanes of at least 4 members (excludes halogenated alkanes) is 44. The molecule has 0 rings (SSSR count). The van der Waals surface area contributed by atoms with Crippen molar-refractivity contribution >= 4 is 11.9 Å². The molecule has 0 saturated carbocycles. The summed E-state index contributed by atoms with van der Waals surface area (Å²) in [5.74, 6) is -0.0211. The summed E-state index contributed by atoms with van der Waals surface area (Å²) in [5, 5.41) is 23.2. The van der Waals surface area contributed by atoms with Crippen LogP contribution in [0.25, 0.3) is 0 Å². The van der Waals surface area contributed by atoms with Gasteiger partial charge in [0, 0.05) is 12.8 Å². The maximum atomic E-state index is 12.4. The van der Waals surface area contributed by atoms with Crippen molar-refractivity contribution in [3.8, 4) is 0 Å². The van der Waals surface area contributed by atoms with Crippen LogP contribution in [0.2, 0.25) is 0 Å². The Morgan fingerprint density at radius 1 is 0.400 bits per heavy atom. The van der Waals surface area contributed by atoms with Crippen molar-refractivity contribution in [1.82, 2.24) is 5.32 Å². The van der Waals surface area contributed by atoms with Crippen LogP contribution in [0.15, 0.2) is 24.3 Å². The standard InChI is InChI=1S/C64H123NO5/c1-3-5-7-9-11-13-36-40-44-48-52-56-62(67)61(60-66)65-63(68)57-53-49-45-41-38-34-32-30-28-26-24-22-20-18-16-15-17-19-21-23-25-27-29-31-33-35-39-43-47-51-55-59-70-64(69)58-54-50-46-42-37-14-12-10-8-6-4-2/h17,19,23,25,61-62,66-67H,3-16,18,20-22,24,26-60H2,1-2H3,(H,65,68)/b19-17-,25-23-. The first kappa shape index (κ1) is 68.3. The van der Waals surface area contributed by atoms with Gasteiger partial charge in [0.1, 0.15) is 0 Å². The molecule has 6 heteroatoms. The number of amides is 1. The van der Waals surface area contributed by atoms with E-state index in [2.05, 4.69) is 43.5 Å². The molecule has 70 heavy (non-hydrogen) atoms. The van der Waals surface area contributed by atoms with Gasteiger partial charge >= 0.3 is 5.97 Å². The van der Waals surface area contributed by atoms with E-state index < -0.39 is 12.1 Å². The van der Waals surface area contributed by atoms with E-state index in [9.17, 15) is 19.8 Å². The normalized spacial score (nSPS) is 12.7. The molecule has 0 saturated heterocycles. The minimum absolute atomic E-state index is 0.0130. The summed E-state index contributed by atoms with van der Waals surface area (Å²) in [6, 6.07) is -0.539. The molecule has 0 heterocycles. The average Bonchev–Trinajstić information content (AvgIpc) is 3.36. The molecule has 6 nitrogen and oxygen atoms in total. The molecule has 0 radical (unpaired) electrons. The minimum atomic E-state index is -0.662. The molecule has 0 aliphatic heterocycles. The van der Waals surface area contributed by atoms with Gasteiger partial charge in [-0.3, -0.25) is 9.59 Å². The Hall–Kier alpha value is -1.66. The van der Waals surface area contributed by atoms with Crippen LogP contribution in [0.1, 0.15) is 348 Å². The second kappa shape index (κ2) is 59.9. The van der Waals surface area contributed by atoms with Gasteiger partial charge in [-0.05, 0) is 57.8 Å². The Kier molecular flexibility index (Phi) is 58.5. The molecule has 0 spiro atoms. The highest BCUT2D eigenvalue weighted by Gasteiger charge is 2.20. The number of hydrogen-bond acceptors (Lipinski definition) is 5. The Bertz CT molecular complexity index is 1090. The predicted molar refractivity (Wildman–Crippen MR) is 306 cm³/mol. The van der Waals surface area contributed by atoms with Gasteiger partial charge in [0.25, 0.3) is 0 Å². The highest BCUT2D eigenvalue weighted by molar-refractivity contribution is 5.76. The lowest BCUT2D eigenvalue weighted by atomic mass is 10.0. The zero-order chi connectivity index (χ0) is 50.7. The molecular weight excluding hydrogens is 863 g/mol. The van der Waals surface area contributed by atoms with Crippen LogP contribution in [0, 0.1) is 0 Å². The zero-order valence-corrected chi connectivity index (χ0v) is 47.3. The quantitative estimate of drug-likeness (QED) is 0.0321. The summed E-state index contributed by atoms with van der Waals surface area (Å²) in [6.07, 6.45) is 73.5. The lowest BCUT2D eigenvalue weighted by Gasteiger charge is -2.22. The van der Waals surface area contributed by atoms with Crippen LogP contribution in [-0.2, 0) is 14.3 Å². The summed E-state index contributed by atoms with van der Waals surface area (Å²) >= 11 is 0. The molecular formula is C64H123NO5. The van der Waals surface area contributed by atoms with Gasteiger partial charge in [0.05, 0.1) is 25.4 Å². The van der Waals surface area contributed by atoms with Crippen molar-refractivity contribution in [2.24, 2.45) is 0 Å². The number of allylic oxidation sites excluding steroid dienone is 4. The van der Waals surface area contributed by atoms with E-state index in [0.29, 0.717) is 25.9 Å².